The summed E-state index contributed by atoms with van der Waals surface area (Å²) in [6, 6.07) is -1.01. The van der Waals surface area contributed by atoms with Gasteiger partial charge in [0.1, 0.15) is 36.5 Å². The molecule has 1 aliphatic heterocycles. The van der Waals surface area contributed by atoms with E-state index in [1.165, 1.54) is 17.2 Å². The molecule has 1 unspecified atom stereocenters. The van der Waals surface area contributed by atoms with Crippen LogP contribution >= 0.6 is 0 Å². The van der Waals surface area contributed by atoms with Crippen LogP contribution in [0, 0.1) is 5.92 Å². The molecule has 0 aliphatic carbocycles. The lowest BCUT2D eigenvalue weighted by atomic mass is 9.89. The van der Waals surface area contributed by atoms with E-state index in [-0.39, 0.29) is 22.9 Å². The van der Waals surface area contributed by atoms with Crippen LogP contribution < -0.4 is 11.5 Å². The molecule has 5 atom stereocenters. The van der Waals surface area contributed by atoms with Gasteiger partial charge < -0.3 is 31.5 Å². The molecule has 3 heterocycles. The standard InChI is InChI=1S/C15H22N6O5/c1-6(2)8(16)11(24)15(12(25)10(23)7(3-22)26-15)21-5-20-9-13(17)18-4-19-14(9)21/h4-8,10,12,22-23,25H,3,16H2,1-2H3,(H2,17,18,19)/t7-,8?,10-,12-,15-/m1/s1. The van der Waals surface area contributed by atoms with Crippen LogP contribution in [0.3, 0.4) is 0 Å². The number of anilines is 1. The average molecular weight is 366 g/mol. The van der Waals surface area contributed by atoms with Crippen molar-refractivity contribution in [1.29, 1.82) is 0 Å². The highest BCUT2D eigenvalue weighted by atomic mass is 16.6. The van der Waals surface area contributed by atoms with Crippen LogP contribution in [-0.2, 0) is 15.3 Å². The van der Waals surface area contributed by atoms with E-state index < -0.39 is 42.5 Å². The number of imidazole rings is 1. The summed E-state index contributed by atoms with van der Waals surface area (Å²) in [5.41, 5.74) is 10.0. The Bertz CT molecular complexity index is 826. The van der Waals surface area contributed by atoms with Gasteiger partial charge in [-0.1, -0.05) is 13.8 Å². The Hall–Kier alpha value is -2.18. The van der Waals surface area contributed by atoms with Crippen molar-refractivity contribution < 1.29 is 24.9 Å². The van der Waals surface area contributed by atoms with Crippen LogP contribution in [0.15, 0.2) is 12.7 Å². The normalized spacial score (nSPS) is 30.2. The quantitative estimate of drug-likeness (QED) is 0.386. The fourth-order valence-electron chi connectivity index (χ4n) is 3.11. The number of fused-ring (bicyclic) bond motifs is 1. The van der Waals surface area contributed by atoms with Crippen molar-refractivity contribution in [3.63, 3.8) is 0 Å². The minimum Gasteiger partial charge on any atom is -0.394 e. The van der Waals surface area contributed by atoms with Crippen molar-refractivity contribution in [1.82, 2.24) is 19.5 Å². The number of nitrogens with two attached hydrogens (primary N) is 2. The zero-order valence-corrected chi connectivity index (χ0v) is 14.4. The average Bonchev–Trinajstić information content (AvgIpc) is 3.16. The smallest absolute Gasteiger partial charge is 0.238 e. The fraction of sp³-hybridized carbons (Fsp3) is 0.600. The minimum atomic E-state index is -2.11. The van der Waals surface area contributed by atoms with E-state index in [9.17, 15) is 20.1 Å². The number of ketones is 1. The summed E-state index contributed by atoms with van der Waals surface area (Å²) in [5, 5.41) is 30.5. The number of hydrogen-bond donors (Lipinski definition) is 5. The zero-order chi connectivity index (χ0) is 19.2. The molecule has 1 fully saturated rings. The van der Waals surface area contributed by atoms with Gasteiger partial charge >= 0.3 is 0 Å². The maximum absolute atomic E-state index is 13.2. The second kappa shape index (κ2) is 6.52. The van der Waals surface area contributed by atoms with Gasteiger partial charge in [0.2, 0.25) is 11.5 Å². The van der Waals surface area contributed by atoms with Gasteiger partial charge in [-0.3, -0.25) is 9.36 Å². The number of aliphatic hydroxyl groups excluding tert-OH is 3. The lowest BCUT2D eigenvalue weighted by Gasteiger charge is -2.34. The Balaban J connectivity index is 2.25. The molecule has 2 aromatic rings. The van der Waals surface area contributed by atoms with E-state index >= 15 is 0 Å². The lowest BCUT2D eigenvalue weighted by molar-refractivity contribution is -0.176. The Morgan fingerprint density at radius 2 is 2.08 bits per heavy atom. The van der Waals surface area contributed by atoms with E-state index in [0.717, 1.165) is 0 Å². The number of carbonyl (C=O) groups excluding carboxylic acids is 1. The molecule has 142 valence electrons. The molecule has 0 amide bonds. The van der Waals surface area contributed by atoms with Crippen LogP contribution in [-0.4, -0.2) is 71.6 Å². The Morgan fingerprint density at radius 1 is 1.38 bits per heavy atom. The molecule has 26 heavy (non-hydrogen) atoms. The first kappa shape index (κ1) is 18.6. The summed E-state index contributed by atoms with van der Waals surface area (Å²) in [4.78, 5) is 25.2. The molecule has 3 rings (SSSR count). The second-order valence-corrected chi connectivity index (χ2v) is 6.65. The first-order chi connectivity index (χ1) is 12.3. The van der Waals surface area contributed by atoms with E-state index in [1.54, 1.807) is 13.8 Å². The summed E-state index contributed by atoms with van der Waals surface area (Å²) < 4.78 is 6.88. The third-order valence-electron chi connectivity index (χ3n) is 4.71. The third-order valence-corrected chi connectivity index (χ3v) is 4.71. The summed E-state index contributed by atoms with van der Waals surface area (Å²) in [6.07, 6.45) is -2.01. The number of ether oxygens (including phenoxy) is 1. The van der Waals surface area contributed by atoms with Crippen molar-refractivity contribution in [3.8, 4) is 0 Å². The first-order valence-corrected chi connectivity index (χ1v) is 8.14. The maximum Gasteiger partial charge on any atom is 0.238 e. The molecule has 0 radical (unpaired) electrons. The van der Waals surface area contributed by atoms with Crippen molar-refractivity contribution in [2.75, 3.05) is 12.3 Å². The molecule has 7 N–H and O–H groups in total. The van der Waals surface area contributed by atoms with Gasteiger partial charge in [0.25, 0.3) is 0 Å². The molecule has 0 spiro atoms. The maximum atomic E-state index is 13.2. The fourth-order valence-corrected chi connectivity index (χ4v) is 3.11. The van der Waals surface area contributed by atoms with Crippen molar-refractivity contribution >= 4 is 22.8 Å². The molecule has 0 aromatic carbocycles. The van der Waals surface area contributed by atoms with E-state index in [4.69, 9.17) is 16.2 Å². The molecular weight excluding hydrogens is 344 g/mol. The highest BCUT2D eigenvalue weighted by Crippen LogP contribution is 2.39. The largest absolute Gasteiger partial charge is 0.394 e. The van der Waals surface area contributed by atoms with Gasteiger partial charge in [0, 0.05) is 0 Å². The highest BCUT2D eigenvalue weighted by Gasteiger charge is 2.61. The van der Waals surface area contributed by atoms with Gasteiger partial charge in [0.15, 0.2) is 11.5 Å². The molecule has 11 nitrogen and oxygen atoms in total. The van der Waals surface area contributed by atoms with Gasteiger partial charge in [-0.25, -0.2) is 15.0 Å². The van der Waals surface area contributed by atoms with Crippen molar-refractivity contribution in [2.45, 2.75) is 43.9 Å². The number of carbonyl (C=O) groups is 1. The van der Waals surface area contributed by atoms with Crippen LogP contribution in [0.5, 0.6) is 0 Å². The Morgan fingerprint density at radius 3 is 2.65 bits per heavy atom. The second-order valence-electron chi connectivity index (χ2n) is 6.65. The SMILES string of the molecule is CC(C)C(N)C(=O)[C@@]1(n2cnc3c(N)ncnc32)O[C@H](CO)[C@@H](O)[C@H]1O. The number of nitrogens with zero attached hydrogens (tertiary/aromatic N) is 4. The third kappa shape index (κ3) is 2.47. The van der Waals surface area contributed by atoms with E-state index in [0.29, 0.717) is 0 Å². The topological polar surface area (TPSA) is 183 Å². The van der Waals surface area contributed by atoms with Crippen LogP contribution in [0.1, 0.15) is 13.8 Å². The van der Waals surface area contributed by atoms with Gasteiger partial charge in [-0.15, -0.1) is 0 Å². The van der Waals surface area contributed by atoms with Gasteiger partial charge in [-0.05, 0) is 5.92 Å². The highest BCUT2D eigenvalue weighted by molar-refractivity contribution is 5.93. The number of Topliss-reactive ketones (excluding diaryl/α,β-unsaturated/α-hetero) is 1. The predicted octanol–water partition coefficient (Wildman–Crippen LogP) is -2.27. The number of aromatic nitrogens is 4. The molecule has 0 bridgehead atoms. The van der Waals surface area contributed by atoms with Crippen molar-refractivity contribution in [3.05, 3.63) is 12.7 Å². The molecule has 11 heteroatoms. The molecule has 1 aliphatic rings. The molecule has 2 aromatic heterocycles. The van der Waals surface area contributed by atoms with Gasteiger partial charge in [0.05, 0.1) is 12.6 Å². The van der Waals surface area contributed by atoms with Crippen LogP contribution in [0.4, 0.5) is 5.82 Å². The summed E-state index contributed by atoms with van der Waals surface area (Å²) in [6.45, 7) is 2.88. The Kier molecular flexibility index (Phi) is 4.67. The predicted molar refractivity (Wildman–Crippen MR) is 89.5 cm³/mol. The zero-order valence-electron chi connectivity index (χ0n) is 14.4. The van der Waals surface area contributed by atoms with E-state index in [2.05, 4.69) is 15.0 Å². The summed E-state index contributed by atoms with van der Waals surface area (Å²) in [7, 11) is 0. The van der Waals surface area contributed by atoms with Crippen molar-refractivity contribution in [2.24, 2.45) is 11.7 Å². The molecular formula is C15H22N6O5. The van der Waals surface area contributed by atoms with Gasteiger partial charge in [-0.2, -0.15) is 0 Å². The summed E-state index contributed by atoms with van der Waals surface area (Å²) in [5.74, 6) is -0.863. The lowest BCUT2D eigenvalue weighted by Crippen LogP contribution is -2.58. The van der Waals surface area contributed by atoms with Crippen LogP contribution in [0.25, 0.3) is 11.2 Å². The molecule has 0 saturated carbocycles. The number of hydrogen-bond acceptors (Lipinski definition) is 10. The minimum absolute atomic E-state index is 0.0799. The summed E-state index contributed by atoms with van der Waals surface area (Å²) >= 11 is 0. The monoisotopic (exact) mass is 366 g/mol. The van der Waals surface area contributed by atoms with Crippen LogP contribution in [0.2, 0.25) is 0 Å². The molecule has 1 saturated heterocycles. The first-order valence-electron chi connectivity index (χ1n) is 8.14. The van der Waals surface area contributed by atoms with E-state index in [1.807, 2.05) is 0 Å². The Labute approximate surface area is 148 Å². The number of rotatable bonds is 5. The number of nitrogen functional groups attached to an aromatic ring is 1. The number of aliphatic hydroxyl groups is 3.